The van der Waals surface area contributed by atoms with Gasteiger partial charge in [0.1, 0.15) is 12.1 Å². The molecule has 0 aromatic carbocycles. The molecule has 0 fully saturated rings. The highest BCUT2D eigenvalue weighted by atomic mass is 16.5. The monoisotopic (exact) mass is 159 g/mol. The van der Waals surface area contributed by atoms with Crippen LogP contribution < -0.4 is 5.73 Å². The first-order chi connectivity index (χ1) is 4.95. The van der Waals surface area contributed by atoms with Gasteiger partial charge in [0.25, 0.3) is 0 Å². The maximum atomic E-state index is 10.9. The topological polar surface area (TPSA) is 52.3 Å². The molecule has 0 amide bonds. The maximum absolute atomic E-state index is 10.9. The predicted molar refractivity (Wildman–Crippen MR) is 44.0 cm³/mol. The Labute approximate surface area is 67.9 Å². The second-order valence-corrected chi connectivity index (χ2v) is 3.17. The molecule has 0 spiro atoms. The van der Waals surface area contributed by atoms with Crippen LogP contribution in [0.25, 0.3) is 0 Å². The largest absolute Gasteiger partial charge is 0.461 e. The van der Waals surface area contributed by atoms with Crippen LogP contribution in [0.5, 0.6) is 0 Å². The highest BCUT2D eigenvalue weighted by Crippen LogP contribution is 2.05. The van der Waals surface area contributed by atoms with Gasteiger partial charge in [0.05, 0.1) is 0 Å². The molecule has 2 N–H and O–H groups in total. The molecule has 2 atom stereocenters. The third-order valence-corrected chi connectivity index (χ3v) is 1.61. The number of esters is 1. The maximum Gasteiger partial charge on any atom is 0.322 e. The smallest absolute Gasteiger partial charge is 0.322 e. The summed E-state index contributed by atoms with van der Waals surface area (Å²) >= 11 is 0. The summed E-state index contributed by atoms with van der Waals surface area (Å²) in [5, 5.41) is 0. The first kappa shape index (κ1) is 10.4. The summed E-state index contributed by atoms with van der Waals surface area (Å²) < 4.78 is 5.01. The fourth-order valence-electron chi connectivity index (χ4n) is 0.427. The SMILES string of the molecule is CC(C)[C@@H](C)OC(=O)[C@@H](C)N. The van der Waals surface area contributed by atoms with Gasteiger partial charge in [0, 0.05) is 0 Å². The third-order valence-electron chi connectivity index (χ3n) is 1.61. The van der Waals surface area contributed by atoms with Crippen molar-refractivity contribution < 1.29 is 9.53 Å². The van der Waals surface area contributed by atoms with Crippen molar-refractivity contribution in [1.82, 2.24) is 0 Å². The van der Waals surface area contributed by atoms with Crippen LogP contribution >= 0.6 is 0 Å². The molecule has 0 unspecified atom stereocenters. The minimum absolute atomic E-state index is 0.0477. The Morgan fingerprint density at radius 1 is 1.27 bits per heavy atom. The lowest BCUT2D eigenvalue weighted by molar-refractivity contribution is -0.151. The lowest BCUT2D eigenvalue weighted by Crippen LogP contribution is -2.32. The molecule has 0 rings (SSSR count). The van der Waals surface area contributed by atoms with Crippen LogP contribution in [0.4, 0.5) is 0 Å². The number of rotatable bonds is 3. The average Bonchev–Trinajstić information content (AvgIpc) is 1.87. The van der Waals surface area contributed by atoms with E-state index in [-0.39, 0.29) is 12.1 Å². The number of carbonyl (C=O) groups is 1. The van der Waals surface area contributed by atoms with Crippen LogP contribution in [-0.4, -0.2) is 18.1 Å². The van der Waals surface area contributed by atoms with Gasteiger partial charge in [-0.2, -0.15) is 0 Å². The van der Waals surface area contributed by atoms with E-state index < -0.39 is 6.04 Å². The zero-order valence-electron chi connectivity index (χ0n) is 7.63. The van der Waals surface area contributed by atoms with Gasteiger partial charge < -0.3 is 10.5 Å². The lowest BCUT2D eigenvalue weighted by atomic mass is 10.1. The Morgan fingerprint density at radius 3 is 2.00 bits per heavy atom. The van der Waals surface area contributed by atoms with E-state index in [2.05, 4.69) is 0 Å². The molecule has 0 aliphatic carbocycles. The summed E-state index contributed by atoms with van der Waals surface area (Å²) in [5.41, 5.74) is 5.31. The van der Waals surface area contributed by atoms with E-state index in [9.17, 15) is 4.79 Å². The molecule has 0 saturated carbocycles. The number of nitrogens with two attached hydrogens (primary N) is 1. The van der Waals surface area contributed by atoms with E-state index >= 15 is 0 Å². The van der Waals surface area contributed by atoms with Crippen molar-refractivity contribution >= 4 is 5.97 Å². The molecule has 0 aromatic heterocycles. The predicted octanol–water partition coefficient (Wildman–Crippen LogP) is 0.921. The Morgan fingerprint density at radius 2 is 1.73 bits per heavy atom. The van der Waals surface area contributed by atoms with Crippen molar-refractivity contribution in [2.45, 2.75) is 39.8 Å². The molecule has 0 saturated heterocycles. The molecule has 3 nitrogen and oxygen atoms in total. The molecule has 66 valence electrons. The van der Waals surface area contributed by atoms with Crippen molar-refractivity contribution in [2.24, 2.45) is 11.7 Å². The fourth-order valence-corrected chi connectivity index (χ4v) is 0.427. The number of hydrogen-bond acceptors (Lipinski definition) is 3. The van der Waals surface area contributed by atoms with Gasteiger partial charge in [-0.05, 0) is 19.8 Å². The van der Waals surface area contributed by atoms with Gasteiger partial charge in [-0.15, -0.1) is 0 Å². The van der Waals surface area contributed by atoms with Gasteiger partial charge in [0.15, 0.2) is 0 Å². The van der Waals surface area contributed by atoms with Crippen LogP contribution in [0.3, 0.4) is 0 Å². The summed E-state index contributed by atoms with van der Waals surface area (Å²) in [4.78, 5) is 10.9. The normalized spacial score (nSPS) is 16.2. The lowest BCUT2D eigenvalue weighted by Gasteiger charge is -2.17. The quantitative estimate of drug-likeness (QED) is 0.623. The molecule has 11 heavy (non-hydrogen) atoms. The van der Waals surface area contributed by atoms with Gasteiger partial charge in [-0.1, -0.05) is 13.8 Å². The summed E-state index contributed by atoms with van der Waals surface area (Å²) in [5.74, 6) is 0.0175. The Balaban J connectivity index is 3.76. The van der Waals surface area contributed by atoms with Crippen LogP contribution in [0.2, 0.25) is 0 Å². The van der Waals surface area contributed by atoms with Gasteiger partial charge >= 0.3 is 5.97 Å². The number of hydrogen-bond donors (Lipinski definition) is 1. The van der Waals surface area contributed by atoms with E-state index in [4.69, 9.17) is 10.5 Å². The highest BCUT2D eigenvalue weighted by molar-refractivity contribution is 5.75. The zero-order chi connectivity index (χ0) is 9.02. The first-order valence-electron chi connectivity index (χ1n) is 3.91. The molecule has 0 heterocycles. The van der Waals surface area contributed by atoms with Gasteiger partial charge in [-0.25, -0.2) is 0 Å². The molecule has 0 aromatic rings. The van der Waals surface area contributed by atoms with Crippen molar-refractivity contribution in [2.75, 3.05) is 0 Å². The Bertz CT molecular complexity index is 132. The molecular formula is C8H17NO2. The van der Waals surface area contributed by atoms with E-state index in [0.717, 1.165) is 0 Å². The van der Waals surface area contributed by atoms with Crippen LogP contribution in [0.1, 0.15) is 27.7 Å². The molecular weight excluding hydrogens is 142 g/mol. The summed E-state index contributed by atoms with van der Waals surface area (Å²) in [6.45, 7) is 7.48. The Kier molecular flexibility index (Phi) is 4.11. The molecule has 0 bridgehead atoms. The average molecular weight is 159 g/mol. The van der Waals surface area contributed by atoms with E-state index in [0.29, 0.717) is 5.92 Å². The molecule has 0 radical (unpaired) electrons. The third kappa shape index (κ3) is 3.98. The summed E-state index contributed by atoms with van der Waals surface area (Å²) in [6.07, 6.45) is -0.0477. The minimum atomic E-state index is -0.517. The highest BCUT2D eigenvalue weighted by Gasteiger charge is 2.15. The molecule has 0 aliphatic rings. The van der Waals surface area contributed by atoms with E-state index in [1.807, 2.05) is 20.8 Å². The molecule has 3 heteroatoms. The van der Waals surface area contributed by atoms with Crippen LogP contribution in [-0.2, 0) is 9.53 Å². The fraction of sp³-hybridized carbons (Fsp3) is 0.875. The summed E-state index contributed by atoms with van der Waals surface area (Å²) in [6, 6.07) is -0.517. The first-order valence-corrected chi connectivity index (χ1v) is 3.91. The number of carbonyl (C=O) groups excluding carboxylic acids is 1. The number of ether oxygens (including phenoxy) is 1. The van der Waals surface area contributed by atoms with Gasteiger partial charge in [-0.3, -0.25) is 4.79 Å². The van der Waals surface area contributed by atoms with Crippen molar-refractivity contribution in [3.63, 3.8) is 0 Å². The second-order valence-electron chi connectivity index (χ2n) is 3.17. The van der Waals surface area contributed by atoms with Crippen LogP contribution in [0.15, 0.2) is 0 Å². The zero-order valence-corrected chi connectivity index (χ0v) is 7.63. The minimum Gasteiger partial charge on any atom is -0.461 e. The van der Waals surface area contributed by atoms with Crippen molar-refractivity contribution in [3.05, 3.63) is 0 Å². The van der Waals surface area contributed by atoms with E-state index in [1.54, 1.807) is 6.92 Å². The van der Waals surface area contributed by atoms with E-state index in [1.165, 1.54) is 0 Å². The standard InChI is InChI=1S/C8H17NO2/c1-5(2)7(4)11-8(10)6(3)9/h5-7H,9H2,1-4H3/t6-,7-/m1/s1. The van der Waals surface area contributed by atoms with Crippen molar-refractivity contribution in [3.8, 4) is 0 Å². The van der Waals surface area contributed by atoms with Gasteiger partial charge in [0.2, 0.25) is 0 Å². The van der Waals surface area contributed by atoms with Crippen molar-refractivity contribution in [1.29, 1.82) is 0 Å². The summed E-state index contributed by atoms with van der Waals surface area (Å²) in [7, 11) is 0. The van der Waals surface area contributed by atoms with Crippen LogP contribution in [0, 0.1) is 5.92 Å². The molecule has 0 aliphatic heterocycles. The second kappa shape index (κ2) is 4.34. The Hall–Kier alpha value is -0.570.